The van der Waals surface area contributed by atoms with Crippen LogP contribution in [-0.2, 0) is 9.53 Å². The van der Waals surface area contributed by atoms with Gasteiger partial charge in [0, 0.05) is 11.0 Å². The number of carboxylic acid groups (broad SMARTS) is 1. The van der Waals surface area contributed by atoms with Gasteiger partial charge in [-0.2, -0.15) is 0 Å². The zero-order valence-electron chi connectivity index (χ0n) is 11.4. The average molecular weight is 377 g/mol. The van der Waals surface area contributed by atoms with Crippen LogP contribution in [0.4, 0.5) is 0 Å². The smallest absolute Gasteiger partial charge is 0.311 e. The minimum Gasteiger partial charge on any atom is -0.481 e. The summed E-state index contributed by atoms with van der Waals surface area (Å²) in [4.78, 5) is 25.5. The molecule has 1 aromatic carbocycles. The fraction of sp³-hybridized carbons (Fsp3) is 0.429. The van der Waals surface area contributed by atoms with E-state index < -0.39 is 17.9 Å². The maximum Gasteiger partial charge on any atom is 0.311 e. The van der Waals surface area contributed by atoms with Crippen LogP contribution in [0.3, 0.4) is 0 Å². The van der Waals surface area contributed by atoms with Crippen LogP contribution in [0.1, 0.15) is 17.3 Å². The zero-order valence-corrected chi connectivity index (χ0v) is 13.7. The molecule has 0 aromatic heterocycles. The highest BCUT2D eigenvalue weighted by atomic mass is 79.9. The molecule has 21 heavy (non-hydrogen) atoms. The molecule has 0 spiro atoms. The maximum atomic E-state index is 12.7. The van der Waals surface area contributed by atoms with E-state index in [2.05, 4.69) is 15.9 Å². The SMILES string of the molecule is CCN(C(=O)c1cc(Br)ccc1Cl)C1COCC1C(=O)O. The Morgan fingerprint density at radius 3 is 2.81 bits per heavy atom. The highest BCUT2D eigenvalue weighted by Crippen LogP contribution is 2.26. The molecule has 0 bridgehead atoms. The first-order valence-corrected chi connectivity index (χ1v) is 7.69. The molecular weight excluding hydrogens is 362 g/mol. The molecule has 7 heteroatoms. The van der Waals surface area contributed by atoms with E-state index in [1.54, 1.807) is 25.1 Å². The first kappa shape index (κ1) is 16.3. The van der Waals surface area contributed by atoms with Crippen molar-refractivity contribution in [3.63, 3.8) is 0 Å². The summed E-state index contributed by atoms with van der Waals surface area (Å²) in [7, 11) is 0. The van der Waals surface area contributed by atoms with E-state index in [1.807, 2.05) is 0 Å². The number of carbonyl (C=O) groups excluding carboxylic acids is 1. The molecule has 1 fully saturated rings. The minimum atomic E-state index is -0.955. The quantitative estimate of drug-likeness (QED) is 0.877. The number of hydrogen-bond acceptors (Lipinski definition) is 3. The number of carbonyl (C=O) groups is 2. The minimum absolute atomic E-state index is 0.121. The van der Waals surface area contributed by atoms with Gasteiger partial charge in [0.15, 0.2) is 0 Å². The topological polar surface area (TPSA) is 66.8 Å². The van der Waals surface area contributed by atoms with E-state index in [4.69, 9.17) is 16.3 Å². The summed E-state index contributed by atoms with van der Waals surface area (Å²) < 4.78 is 5.98. The first-order chi connectivity index (χ1) is 9.95. The lowest BCUT2D eigenvalue weighted by atomic mass is 10.0. The van der Waals surface area contributed by atoms with Gasteiger partial charge in [-0.3, -0.25) is 9.59 Å². The zero-order chi connectivity index (χ0) is 15.6. The van der Waals surface area contributed by atoms with Crippen LogP contribution in [0.15, 0.2) is 22.7 Å². The number of benzene rings is 1. The normalized spacial score (nSPS) is 21.3. The van der Waals surface area contributed by atoms with Gasteiger partial charge in [0.1, 0.15) is 5.92 Å². The number of aliphatic carboxylic acids is 1. The molecule has 0 aliphatic carbocycles. The summed E-state index contributed by atoms with van der Waals surface area (Å²) in [6.07, 6.45) is 0. The van der Waals surface area contributed by atoms with E-state index in [-0.39, 0.29) is 19.1 Å². The molecule has 1 aromatic rings. The maximum absolute atomic E-state index is 12.7. The molecule has 5 nitrogen and oxygen atoms in total. The second-order valence-electron chi connectivity index (χ2n) is 4.76. The van der Waals surface area contributed by atoms with Gasteiger partial charge in [-0.1, -0.05) is 27.5 Å². The van der Waals surface area contributed by atoms with Crippen LogP contribution < -0.4 is 0 Å². The number of carboxylic acids is 1. The van der Waals surface area contributed by atoms with Gasteiger partial charge in [0.25, 0.3) is 5.91 Å². The Balaban J connectivity index is 2.30. The Morgan fingerprint density at radius 1 is 1.48 bits per heavy atom. The number of rotatable bonds is 4. The first-order valence-electron chi connectivity index (χ1n) is 6.52. The third-order valence-corrected chi connectivity index (χ3v) is 4.35. The van der Waals surface area contributed by atoms with E-state index in [1.165, 1.54) is 4.90 Å². The van der Waals surface area contributed by atoms with Crippen LogP contribution in [0, 0.1) is 5.92 Å². The highest BCUT2D eigenvalue weighted by Gasteiger charge is 2.40. The monoisotopic (exact) mass is 375 g/mol. The van der Waals surface area contributed by atoms with Crippen molar-refractivity contribution < 1.29 is 19.4 Å². The Kier molecular flexibility index (Phi) is 5.24. The summed E-state index contributed by atoms with van der Waals surface area (Å²) >= 11 is 9.39. The number of hydrogen-bond donors (Lipinski definition) is 1. The lowest BCUT2D eigenvalue weighted by molar-refractivity contribution is -0.142. The van der Waals surface area contributed by atoms with Crippen molar-refractivity contribution in [1.82, 2.24) is 4.90 Å². The van der Waals surface area contributed by atoms with Gasteiger partial charge in [0.05, 0.1) is 29.8 Å². The third-order valence-electron chi connectivity index (χ3n) is 3.53. The van der Waals surface area contributed by atoms with Crippen molar-refractivity contribution in [3.8, 4) is 0 Å². The van der Waals surface area contributed by atoms with Crippen molar-refractivity contribution in [2.24, 2.45) is 5.92 Å². The molecule has 114 valence electrons. The molecular formula is C14H15BrClNO4. The Bertz CT molecular complexity index is 566. The average Bonchev–Trinajstić information content (AvgIpc) is 2.91. The van der Waals surface area contributed by atoms with Gasteiger partial charge < -0.3 is 14.7 Å². The van der Waals surface area contributed by atoms with Crippen LogP contribution in [-0.4, -0.2) is 47.7 Å². The second-order valence-corrected chi connectivity index (χ2v) is 6.09. The summed E-state index contributed by atoms with van der Waals surface area (Å²) in [6, 6.07) is 4.54. The summed E-state index contributed by atoms with van der Waals surface area (Å²) in [5.74, 6) is -1.95. The second kappa shape index (κ2) is 6.77. The lowest BCUT2D eigenvalue weighted by Gasteiger charge is -2.29. The van der Waals surface area contributed by atoms with Crippen molar-refractivity contribution in [2.45, 2.75) is 13.0 Å². The van der Waals surface area contributed by atoms with E-state index in [0.29, 0.717) is 17.1 Å². The fourth-order valence-electron chi connectivity index (χ4n) is 2.43. The molecule has 1 saturated heterocycles. The van der Waals surface area contributed by atoms with E-state index in [9.17, 15) is 14.7 Å². The molecule has 1 aliphatic heterocycles. The van der Waals surface area contributed by atoms with Gasteiger partial charge in [-0.25, -0.2) is 0 Å². The lowest BCUT2D eigenvalue weighted by Crippen LogP contribution is -2.46. The number of ether oxygens (including phenoxy) is 1. The van der Waals surface area contributed by atoms with Gasteiger partial charge in [0.2, 0.25) is 0 Å². The van der Waals surface area contributed by atoms with E-state index in [0.717, 1.165) is 4.47 Å². The number of nitrogens with zero attached hydrogens (tertiary/aromatic N) is 1. The molecule has 2 unspecified atom stereocenters. The highest BCUT2D eigenvalue weighted by molar-refractivity contribution is 9.10. The van der Waals surface area contributed by atoms with Gasteiger partial charge >= 0.3 is 5.97 Å². The van der Waals surface area contributed by atoms with Crippen molar-refractivity contribution >= 4 is 39.4 Å². The molecule has 0 radical (unpaired) electrons. The molecule has 2 atom stereocenters. The predicted octanol–water partition coefficient (Wildman–Crippen LogP) is 2.66. The van der Waals surface area contributed by atoms with Crippen molar-refractivity contribution in [1.29, 1.82) is 0 Å². The van der Waals surface area contributed by atoms with Crippen molar-refractivity contribution in [2.75, 3.05) is 19.8 Å². The molecule has 1 aliphatic rings. The Morgan fingerprint density at radius 2 is 2.19 bits per heavy atom. The molecule has 1 heterocycles. The summed E-state index contributed by atoms with van der Waals surface area (Å²) in [6.45, 7) is 2.54. The molecule has 1 N–H and O–H groups in total. The standard InChI is InChI=1S/C14H15BrClNO4/c1-2-17(12-7-21-6-10(12)14(19)20)13(18)9-5-8(15)3-4-11(9)16/h3-5,10,12H,2,6-7H2,1H3,(H,19,20). The number of likely N-dealkylation sites (N-methyl/N-ethyl adjacent to an activating group) is 1. The van der Waals surface area contributed by atoms with Crippen LogP contribution >= 0.6 is 27.5 Å². The summed E-state index contributed by atoms with van der Waals surface area (Å²) in [5, 5.41) is 9.57. The Hall–Kier alpha value is -1.11. The predicted molar refractivity (Wildman–Crippen MR) is 81.6 cm³/mol. The largest absolute Gasteiger partial charge is 0.481 e. The van der Waals surface area contributed by atoms with Gasteiger partial charge in [-0.05, 0) is 25.1 Å². The number of amides is 1. The van der Waals surface area contributed by atoms with Gasteiger partial charge in [-0.15, -0.1) is 0 Å². The van der Waals surface area contributed by atoms with Crippen molar-refractivity contribution in [3.05, 3.63) is 33.3 Å². The van der Waals surface area contributed by atoms with Crippen LogP contribution in [0.25, 0.3) is 0 Å². The molecule has 1 amide bonds. The molecule has 2 rings (SSSR count). The fourth-order valence-corrected chi connectivity index (χ4v) is 2.99. The van der Waals surface area contributed by atoms with Crippen LogP contribution in [0.2, 0.25) is 5.02 Å². The summed E-state index contributed by atoms with van der Waals surface area (Å²) in [5.41, 5.74) is 0.351. The number of halogens is 2. The Labute approximate surface area is 136 Å². The molecule has 0 saturated carbocycles. The third kappa shape index (κ3) is 3.39. The van der Waals surface area contributed by atoms with Crippen LogP contribution in [0.5, 0.6) is 0 Å². The van der Waals surface area contributed by atoms with E-state index >= 15 is 0 Å².